The number of hydrogen-bond acceptors (Lipinski definition) is 8. The van der Waals surface area contributed by atoms with Gasteiger partial charge >= 0.3 is 5.97 Å². The second kappa shape index (κ2) is 3.82. The van der Waals surface area contributed by atoms with Crippen molar-refractivity contribution in [3.8, 4) is 0 Å². The van der Waals surface area contributed by atoms with Crippen LogP contribution in [-0.2, 0) is 9.68 Å². The van der Waals surface area contributed by atoms with Gasteiger partial charge in [-0.15, -0.1) is 20.2 Å². The Balaban J connectivity index is 4.25. The third-order valence-corrected chi connectivity index (χ3v) is 0.983. The Hall–Kier alpha value is -1.68. The van der Waals surface area contributed by atoms with Crippen LogP contribution in [0.25, 0.3) is 0 Å². The zero-order valence-corrected chi connectivity index (χ0v) is 6.32. The molecule has 0 saturated heterocycles. The van der Waals surface area contributed by atoms with Gasteiger partial charge in [0.25, 0.3) is 10.2 Å². The summed E-state index contributed by atoms with van der Waals surface area (Å²) in [6.07, 6.45) is -1.91. The molecule has 0 amide bonds. The third-order valence-electron chi connectivity index (χ3n) is 0.983. The molecule has 10 heteroatoms. The Kier molecular flexibility index (Phi) is 3.33. The SMILES string of the molecule is CC(O[N+](=O)[O-])C(O)(O)O[N+](=O)[O-]. The van der Waals surface area contributed by atoms with E-state index in [4.69, 9.17) is 10.2 Å². The number of aliphatic hydroxyl groups is 2. The van der Waals surface area contributed by atoms with Gasteiger partial charge in [-0.05, 0) is 6.92 Å². The maximum atomic E-state index is 9.68. The Bertz CT molecular complexity index is 213. The molecule has 0 aromatic carbocycles. The van der Waals surface area contributed by atoms with Crippen molar-refractivity contribution in [2.75, 3.05) is 0 Å². The highest BCUT2D eigenvalue weighted by molar-refractivity contribution is 4.56. The lowest BCUT2D eigenvalue weighted by Gasteiger charge is -2.23. The van der Waals surface area contributed by atoms with Crippen LogP contribution in [0.5, 0.6) is 0 Å². The first-order valence-corrected chi connectivity index (χ1v) is 2.85. The predicted octanol–water partition coefficient (Wildman–Crippen LogP) is -1.57. The Morgan fingerprint density at radius 2 is 1.77 bits per heavy atom. The summed E-state index contributed by atoms with van der Waals surface area (Å²) in [4.78, 5) is 26.2. The zero-order chi connectivity index (χ0) is 10.6. The van der Waals surface area contributed by atoms with Crippen LogP contribution >= 0.6 is 0 Å². The van der Waals surface area contributed by atoms with E-state index >= 15 is 0 Å². The van der Waals surface area contributed by atoms with Crippen LogP contribution in [0.4, 0.5) is 0 Å². The molecule has 0 fully saturated rings. The van der Waals surface area contributed by atoms with Crippen molar-refractivity contribution in [1.29, 1.82) is 0 Å². The highest BCUT2D eigenvalue weighted by Gasteiger charge is 2.38. The molecule has 0 aliphatic heterocycles. The molecule has 2 N–H and O–H groups in total. The normalized spacial score (nSPS) is 13.2. The third kappa shape index (κ3) is 4.03. The molecule has 0 saturated carbocycles. The highest BCUT2D eigenvalue weighted by Crippen LogP contribution is 2.11. The van der Waals surface area contributed by atoms with Gasteiger partial charge in [0.15, 0.2) is 6.10 Å². The highest BCUT2D eigenvalue weighted by atomic mass is 17.0. The van der Waals surface area contributed by atoms with E-state index in [1.165, 1.54) is 0 Å². The van der Waals surface area contributed by atoms with Crippen molar-refractivity contribution in [3.63, 3.8) is 0 Å². The molecule has 0 aromatic rings. The lowest BCUT2D eigenvalue weighted by atomic mass is 10.3. The summed E-state index contributed by atoms with van der Waals surface area (Å²) >= 11 is 0. The van der Waals surface area contributed by atoms with E-state index in [2.05, 4.69) is 9.68 Å². The predicted molar refractivity (Wildman–Crippen MR) is 32.8 cm³/mol. The quantitative estimate of drug-likeness (QED) is 0.306. The van der Waals surface area contributed by atoms with E-state index in [1.54, 1.807) is 0 Å². The van der Waals surface area contributed by atoms with Crippen LogP contribution in [0.15, 0.2) is 0 Å². The maximum absolute atomic E-state index is 9.68. The molecule has 0 bridgehead atoms. The fraction of sp³-hybridized carbons (Fsp3) is 1.00. The molecule has 0 aromatic heterocycles. The van der Waals surface area contributed by atoms with E-state index in [0.717, 1.165) is 6.92 Å². The molecule has 0 rings (SSSR count). The molecule has 13 heavy (non-hydrogen) atoms. The smallest absolute Gasteiger partial charge is 0.343 e. The average Bonchev–Trinajstić information content (AvgIpc) is 1.81. The second-order valence-corrected chi connectivity index (χ2v) is 1.94. The van der Waals surface area contributed by atoms with Crippen LogP contribution in [0.3, 0.4) is 0 Å². The molecule has 0 aliphatic rings. The number of rotatable bonds is 5. The van der Waals surface area contributed by atoms with Crippen LogP contribution < -0.4 is 0 Å². The van der Waals surface area contributed by atoms with E-state index in [0.29, 0.717) is 0 Å². The lowest BCUT2D eigenvalue weighted by molar-refractivity contribution is -0.839. The summed E-state index contributed by atoms with van der Waals surface area (Å²) < 4.78 is 0. The summed E-state index contributed by atoms with van der Waals surface area (Å²) in [7, 11) is 0. The van der Waals surface area contributed by atoms with Crippen molar-refractivity contribution in [1.82, 2.24) is 0 Å². The minimum Gasteiger partial charge on any atom is -0.343 e. The van der Waals surface area contributed by atoms with Crippen LogP contribution in [0.1, 0.15) is 6.92 Å². The maximum Gasteiger partial charge on any atom is 0.347 e. The largest absolute Gasteiger partial charge is 0.347 e. The van der Waals surface area contributed by atoms with E-state index in [-0.39, 0.29) is 0 Å². The van der Waals surface area contributed by atoms with E-state index < -0.39 is 22.3 Å². The molecule has 0 heterocycles. The molecule has 0 spiro atoms. The molecule has 76 valence electrons. The van der Waals surface area contributed by atoms with Crippen LogP contribution in [-0.4, -0.2) is 32.5 Å². The van der Waals surface area contributed by atoms with Gasteiger partial charge in [-0.25, -0.2) is 4.84 Å². The van der Waals surface area contributed by atoms with Crippen LogP contribution in [0.2, 0.25) is 0 Å². The molecule has 10 nitrogen and oxygen atoms in total. The minimum atomic E-state index is -3.35. The van der Waals surface area contributed by atoms with Crippen molar-refractivity contribution >= 4 is 0 Å². The van der Waals surface area contributed by atoms with Crippen molar-refractivity contribution < 1.29 is 30.1 Å². The fourth-order valence-corrected chi connectivity index (χ4v) is 0.382. The first-order chi connectivity index (χ1) is 5.75. The van der Waals surface area contributed by atoms with Crippen molar-refractivity contribution in [3.05, 3.63) is 20.2 Å². The fourth-order valence-electron chi connectivity index (χ4n) is 0.382. The van der Waals surface area contributed by atoms with Gasteiger partial charge in [-0.3, -0.25) is 0 Å². The first-order valence-electron chi connectivity index (χ1n) is 2.85. The Morgan fingerprint density at radius 3 is 2.08 bits per heavy atom. The molecule has 0 radical (unpaired) electrons. The number of nitrogens with zero attached hydrogens (tertiary/aromatic N) is 2. The molecule has 0 aliphatic carbocycles. The van der Waals surface area contributed by atoms with Crippen LogP contribution in [0, 0.1) is 20.2 Å². The standard InChI is InChI=1S/C3H6N2O8/c1-2(12-4(8)9)3(6,7)13-5(10)11/h2,6-7H,1H3. The number of hydrogen-bond donors (Lipinski definition) is 2. The van der Waals surface area contributed by atoms with Gasteiger partial charge in [0, 0.05) is 0 Å². The second-order valence-electron chi connectivity index (χ2n) is 1.94. The molecular weight excluding hydrogens is 192 g/mol. The Labute approximate surface area is 70.5 Å². The summed E-state index contributed by atoms with van der Waals surface area (Å²) in [6, 6.07) is 0. The average molecular weight is 198 g/mol. The first kappa shape index (κ1) is 11.3. The van der Waals surface area contributed by atoms with E-state index in [1.807, 2.05) is 0 Å². The van der Waals surface area contributed by atoms with Gasteiger partial charge in [-0.1, -0.05) is 0 Å². The topological polar surface area (TPSA) is 145 Å². The minimum absolute atomic E-state index is 0.812. The van der Waals surface area contributed by atoms with Crippen molar-refractivity contribution in [2.24, 2.45) is 0 Å². The molecule has 1 atom stereocenters. The molecular formula is C3H6N2O8. The molecule has 1 unspecified atom stereocenters. The lowest BCUT2D eigenvalue weighted by Crippen LogP contribution is -2.46. The summed E-state index contributed by atoms with van der Waals surface area (Å²) in [5.41, 5.74) is 0. The zero-order valence-electron chi connectivity index (χ0n) is 6.32. The monoisotopic (exact) mass is 198 g/mol. The summed E-state index contributed by atoms with van der Waals surface area (Å²) in [5.74, 6) is -3.35. The summed E-state index contributed by atoms with van der Waals surface area (Å²) in [6.45, 7) is 0.812. The Morgan fingerprint density at radius 1 is 1.31 bits per heavy atom. The van der Waals surface area contributed by atoms with Gasteiger partial charge in [0.05, 0.1) is 0 Å². The van der Waals surface area contributed by atoms with Gasteiger partial charge in [0.2, 0.25) is 0 Å². The van der Waals surface area contributed by atoms with Gasteiger partial charge in [-0.2, -0.15) is 0 Å². The van der Waals surface area contributed by atoms with Crippen molar-refractivity contribution in [2.45, 2.75) is 19.0 Å². The van der Waals surface area contributed by atoms with Gasteiger partial charge < -0.3 is 15.1 Å². The van der Waals surface area contributed by atoms with Gasteiger partial charge in [0.1, 0.15) is 0 Å². The summed E-state index contributed by atoms with van der Waals surface area (Å²) in [5, 5.41) is 33.8. The van der Waals surface area contributed by atoms with E-state index in [9.17, 15) is 20.2 Å².